The summed E-state index contributed by atoms with van der Waals surface area (Å²) in [4.78, 5) is 23.8. The number of ether oxygens (including phenoxy) is 2. The van der Waals surface area contributed by atoms with Gasteiger partial charge in [-0.25, -0.2) is 0 Å². The highest BCUT2D eigenvalue weighted by atomic mass is 16.5. The zero-order valence-corrected chi connectivity index (χ0v) is 16.8. The molecule has 0 saturated carbocycles. The molecule has 6 nitrogen and oxygen atoms in total. The van der Waals surface area contributed by atoms with E-state index >= 15 is 0 Å². The van der Waals surface area contributed by atoms with E-state index in [9.17, 15) is 9.59 Å². The van der Waals surface area contributed by atoms with Crippen LogP contribution in [0.2, 0.25) is 0 Å². The Morgan fingerprint density at radius 3 is 2.86 bits per heavy atom. The third-order valence-corrected chi connectivity index (χ3v) is 4.96. The highest BCUT2D eigenvalue weighted by Gasteiger charge is 2.17. The van der Waals surface area contributed by atoms with Gasteiger partial charge in [-0.3, -0.25) is 9.59 Å². The number of benzene rings is 2. The SMILES string of the molecule is COc1ccccc1CCNCCCCCC(=O)c1ccc2c(c1)NC(=O)CO2. The number of hydrogen-bond donors (Lipinski definition) is 2. The fourth-order valence-corrected chi connectivity index (χ4v) is 3.37. The predicted octanol–water partition coefficient (Wildman–Crippen LogP) is 3.60. The predicted molar refractivity (Wildman–Crippen MR) is 113 cm³/mol. The standard InChI is InChI=1S/C23H28N2O4/c1-28-21-9-5-4-7-17(21)12-14-24-13-6-2-3-8-20(26)18-10-11-22-19(15-18)25-23(27)16-29-22/h4-5,7,9-11,15,24H,2-3,6,8,12-14,16H2,1H3,(H,25,27). The van der Waals surface area contributed by atoms with Gasteiger partial charge in [0.15, 0.2) is 12.4 Å². The van der Waals surface area contributed by atoms with E-state index in [1.54, 1.807) is 25.3 Å². The van der Waals surface area contributed by atoms with Crippen LogP contribution in [-0.4, -0.2) is 38.5 Å². The highest BCUT2D eigenvalue weighted by Crippen LogP contribution is 2.29. The third-order valence-electron chi connectivity index (χ3n) is 4.96. The van der Waals surface area contributed by atoms with Gasteiger partial charge in [0.2, 0.25) is 0 Å². The van der Waals surface area contributed by atoms with Crippen molar-refractivity contribution in [2.75, 3.05) is 32.1 Å². The van der Waals surface area contributed by atoms with Crippen molar-refractivity contribution < 1.29 is 19.1 Å². The Balaban J connectivity index is 1.30. The van der Waals surface area contributed by atoms with Crippen LogP contribution in [0.15, 0.2) is 42.5 Å². The molecule has 6 heteroatoms. The number of rotatable bonds is 11. The van der Waals surface area contributed by atoms with E-state index < -0.39 is 0 Å². The maximum absolute atomic E-state index is 12.4. The summed E-state index contributed by atoms with van der Waals surface area (Å²) in [5, 5.41) is 6.19. The van der Waals surface area contributed by atoms with Gasteiger partial charge < -0.3 is 20.1 Å². The summed E-state index contributed by atoms with van der Waals surface area (Å²) in [5.41, 5.74) is 2.40. The Morgan fingerprint density at radius 2 is 2.00 bits per heavy atom. The van der Waals surface area contributed by atoms with Crippen molar-refractivity contribution in [3.63, 3.8) is 0 Å². The first-order valence-electron chi connectivity index (χ1n) is 10.1. The number of anilines is 1. The number of fused-ring (bicyclic) bond motifs is 1. The van der Waals surface area contributed by atoms with E-state index in [4.69, 9.17) is 9.47 Å². The van der Waals surface area contributed by atoms with Crippen molar-refractivity contribution in [2.24, 2.45) is 0 Å². The largest absolute Gasteiger partial charge is 0.496 e. The fraction of sp³-hybridized carbons (Fsp3) is 0.391. The van der Waals surface area contributed by atoms with Crippen LogP contribution in [-0.2, 0) is 11.2 Å². The van der Waals surface area contributed by atoms with E-state index in [0.29, 0.717) is 23.4 Å². The van der Waals surface area contributed by atoms with Crippen molar-refractivity contribution in [2.45, 2.75) is 32.1 Å². The van der Waals surface area contributed by atoms with Gasteiger partial charge in [0.05, 0.1) is 12.8 Å². The number of Topliss-reactive ketones (excluding diaryl/α,β-unsaturated/α-hetero) is 1. The molecule has 0 aromatic heterocycles. The number of nitrogens with one attached hydrogen (secondary N) is 2. The molecule has 1 aliphatic heterocycles. The zero-order chi connectivity index (χ0) is 20.5. The van der Waals surface area contributed by atoms with Crippen LogP contribution in [0.4, 0.5) is 5.69 Å². The zero-order valence-electron chi connectivity index (χ0n) is 16.8. The molecule has 2 aromatic rings. The number of hydrogen-bond acceptors (Lipinski definition) is 5. The Morgan fingerprint density at radius 1 is 1.14 bits per heavy atom. The Labute approximate surface area is 171 Å². The minimum absolute atomic E-state index is 0.0211. The van der Waals surface area contributed by atoms with Crippen LogP contribution in [0.3, 0.4) is 0 Å². The third kappa shape index (κ3) is 6.06. The molecule has 1 amide bonds. The van der Waals surface area contributed by atoms with Crippen LogP contribution in [0.1, 0.15) is 41.6 Å². The second kappa shape index (κ2) is 10.6. The molecular formula is C23H28N2O4. The van der Waals surface area contributed by atoms with Crippen LogP contribution in [0.5, 0.6) is 11.5 Å². The molecule has 1 aliphatic rings. The summed E-state index contributed by atoms with van der Waals surface area (Å²) in [6, 6.07) is 13.3. The summed E-state index contributed by atoms with van der Waals surface area (Å²) in [6.07, 6.45) is 4.33. The fourth-order valence-electron chi connectivity index (χ4n) is 3.37. The lowest BCUT2D eigenvalue weighted by atomic mass is 10.0. The first kappa shape index (κ1) is 20.9. The molecule has 0 fully saturated rings. The van der Waals surface area contributed by atoms with Gasteiger partial charge in [0.1, 0.15) is 11.5 Å². The number of unbranched alkanes of at least 4 members (excludes halogenated alkanes) is 2. The molecule has 0 saturated heterocycles. The summed E-state index contributed by atoms with van der Waals surface area (Å²) < 4.78 is 10.7. The molecule has 0 unspecified atom stereocenters. The quantitative estimate of drug-likeness (QED) is 0.448. The maximum Gasteiger partial charge on any atom is 0.262 e. The Kier molecular flexibility index (Phi) is 7.64. The lowest BCUT2D eigenvalue weighted by molar-refractivity contribution is -0.118. The van der Waals surface area contributed by atoms with Crippen LogP contribution >= 0.6 is 0 Å². The molecule has 3 rings (SSSR count). The molecule has 0 atom stereocenters. The van der Waals surface area contributed by atoms with E-state index in [0.717, 1.165) is 44.5 Å². The van der Waals surface area contributed by atoms with E-state index in [-0.39, 0.29) is 18.3 Å². The minimum atomic E-state index is -0.194. The van der Waals surface area contributed by atoms with Crippen molar-refractivity contribution in [3.05, 3.63) is 53.6 Å². The lowest BCUT2D eigenvalue weighted by Gasteiger charge is -2.18. The van der Waals surface area contributed by atoms with Crippen LogP contribution < -0.4 is 20.1 Å². The number of amides is 1. The van der Waals surface area contributed by atoms with Gasteiger partial charge in [-0.05, 0) is 62.2 Å². The number of carbonyl (C=O) groups is 2. The molecule has 0 aliphatic carbocycles. The van der Waals surface area contributed by atoms with Gasteiger partial charge in [-0.15, -0.1) is 0 Å². The molecule has 0 bridgehead atoms. The number of ketones is 1. The molecule has 154 valence electrons. The smallest absolute Gasteiger partial charge is 0.262 e. The van der Waals surface area contributed by atoms with E-state index in [1.165, 1.54) is 5.56 Å². The van der Waals surface area contributed by atoms with Crippen LogP contribution in [0, 0.1) is 0 Å². The summed E-state index contributed by atoms with van der Waals surface area (Å²) in [5.74, 6) is 1.44. The van der Waals surface area contributed by atoms with Crippen molar-refractivity contribution in [1.82, 2.24) is 5.32 Å². The van der Waals surface area contributed by atoms with Crippen molar-refractivity contribution in [3.8, 4) is 11.5 Å². The van der Waals surface area contributed by atoms with Crippen molar-refractivity contribution >= 4 is 17.4 Å². The summed E-state index contributed by atoms with van der Waals surface area (Å²) in [7, 11) is 1.70. The Bertz CT molecular complexity index is 851. The topological polar surface area (TPSA) is 76.7 Å². The van der Waals surface area contributed by atoms with E-state index in [1.807, 2.05) is 18.2 Å². The summed E-state index contributed by atoms with van der Waals surface area (Å²) in [6.45, 7) is 1.86. The van der Waals surface area contributed by atoms with Gasteiger partial charge in [-0.2, -0.15) is 0 Å². The van der Waals surface area contributed by atoms with Gasteiger partial charge in [0, 0.05) is 12.0 Å². The first-order chi connectivity index (χ1) is 14.2. The number of methoxy groups -OCH3 is 1. The lowest BCUT2D eigenvalue weighted by Crippen LogP contribution is -2.25. The molecule has 29 heavy (non-hydrogen) atoms. The summed E-state index contributed by atoms with van der Waals surface area (Å²) >= 11 is 0. The highest BCUT2D eigenvalue weighted by molar-refractivity contribution is 6.00. The Hall–Kier alpha value is -2.86. The molecule has 1 heterocycles. The maximum atomic E-state index is 12.4. The average Bonchev–Trinajstić information content (AvgIpc) is 2.75. The monoisotopic (exact) mass is 396 g/mol. The van der Waals surface area contributed by atoms with Crippen LogP contribution in [0.25, 0.3) is 0 Å². The minimum Gasteiger partial charge on any atom is -0.496 e. The average molecular weight is 396 g/mol. The second-order valence-corrected chi connectivity index (χ2v) is 7.09. The number of carbonyl (C=O) groups excluding carboxylic acids is 2. The molecule has 2 aromatic carbocycles. The van der Waals surface area contributed by atoms with Gasteiger partial charge >= 0.3 is 0 Å². The van der Waals surface area contributed by atoms with Gasteiger partial charge in [-0.1, -0.05) is 24.6 Å². The molecular weight excluding hydrogens is 368 g/mol. The number of para-hydroxylation sites is 1. The van der Waals surface area contributed by atoms with Crippen molar-refractivity contribution in [1.29, 1.82) is 0 Å². The molecule has 0 spiro atoms. The normalized spacial score (nSPS) is 12.7. The van der Waals surface area contributed by atoms with Gasteiger partial charge in [0.25, 0.3) is 5.91 Å². The second-order valence-electron chi connectivity index (χ2n) is 7.09. The molecule has 0 radical (unpaired) electrons. The van der Waals surface area contributed by atoms with E-state index in [2.05, 4.69) is 16.7 Å². The molecule has 2 N–H and O–H groups in total. The first-order valence-corrected chi connectivity index (χ1v) is 10.1.